The van der Waals surface area contributed by atoms with Gasteiger partial charge in [0.1, 0.15) is 17.4 Å². The van der Waals surface area contributed by atoms with Gasteiger partial charge in [-0.1, -0.05) is 12.1 Å². The number of para-hydroxylation sites is 2. The van der Waals surface area contributed by atoms with Crippen LogP contribution in [0.5, 0.6) is 5.75 Å². The van der Waals surface area contributed by atoms with Gasteiger partial charge in [0, 0.05) is 6.07 Å². The van der Waals surface area contributed by atoms with E-state index >= 15 is 0 Å². The fourth-order valence-corrected chi connectivity index (χ4v) is 1.95. The van der Waals surface area contributed by atoms with Crippen molar-refractivity contribution < 1.29 is 23.4 Å². The zero-order chi connectivity index (χ0) is 15.4. The predicted octanol–water partition coefficient (Wildman–Crippen LogP) is 3.21. The highest BCUT2D eigenvalue weighted by atomic mass is 19.1. The van der Waals surface area contributed by atoms with E-state index < -0.39 is 23.6 Å². The Hall–Kier alpha value is -2.63. The average Bonchev–Trinajstić information content (AvgIpc) is 2.43. The van der Waals surface area contributed by atoms with Gasteiger partial charge in [-0.25, -0.2) is 13.6 Å². The van der Waals surface area contributed by atoms with Crippen LogP contribution < -0.4 is 10.1 Å². The molecule has 1 unspecified atom stereocenters. The lowest BCUT2D eigenvalue weighted by molar-refractivity contribution is -0.138. The standard InChI is InChI=1S/C15H13F2NO3/c1-21-13-5-3-2-4-12(13)18-14(15(19)20)9-6-10(16)8-11(17)7-9/h2-8,14,18H,1H3,(H,19,20). The van der Waals surface area contributed by atoms with Gasteiger partial charge in [0.15, 0.2) is 6.04 Å². The third-order valence-electron chi connectivity index (χ3n) is 2.87. The van der Waals surface area contributed by atoms with Crippen molar-refractivity contribution in [3.8, 4) is 5.75 Å². The molecule has 4 nitrogen and oxygen atoms in total. The fourth-order valence-electron chi connectivity index (χ4n) is 1.95. The second-order valence-corrected chi connectivity index (χ2v) is 4.32. The van der Waals surface area contributed by atoms with Crippen LogP contribution in [0.15, 0.2) is 42.5 Å². The Balaban J connectivity index is 2.38. The highest BCUT2D eigenvalue weighted by molar-refractivity contribution is 5.80. The zero-order valence-corrected chi connectivity index (χ0v) is 11.1. The van der Waals surface area contributed by atoms with Crippen molar-refractivity contribution in [3.63, 3.8) is 0 Å². The molecule has 0 aromatic heterocycles. The van der Waals surface area contributed by atoms with Crippen molar-refractivity contribution in [2.75, 3.05) is 12.4 Å². The molecular weight excluding hydrogens is 280 g/mol. The number of carboxylic acid groups (broad SMARTS) is 1. The number of methoxy groups -OCH3 is 1. The van der Waals surface area contributed by atoms with Gasteiger partial charge >= 0.3 is 5.97 Å². The molecule has 0 fully saturated rings. The Kier molecular flexibility index (Phi) is 4.37. The highest BCUT2D eigenvalue weighted by Gasteiger charge is 2.22. The van der Waals surface area contributed by atoms with Crippen molar-refractivity contribution >= 4 is 11.7 Å². The van der Waals surface area contributed by atoms with E-state index in [0.29, 0.717) is 17.5 Å². The molecule has 110 valence electrons. The number of ether oxygens (including phenoxy) is 1. The molecule has 0 saturated carbocycles. The lowest BCUT2D eigenvalue weighted by atomic mass is 10.1. The number of carbonyl (C=O) groups is 1. The number of carboxylic acids is 1. The molecule has 0 aliphatic rings. The van der Waals surface area contributed by atoms with Crippen molar-refractivity contribution in [3.05, 3.63) is 59.7 Å². The second-order valence-electron chi connectivity index (χ2n) is 4.32. The summed E-state index contributed by atoms with van der Waals surface area (Å²) in [6.45, 7) is 0. The SMILES string of the molecule is COc1ccccc1NC(C(=O)O)c1cc(F)cc(F)c1. The van der Waals surface area contributed by atoms with Crippen LogP contribution in [0.25, 0.3) is 0 Å². The van der Waals surface area contributed by atoms with Crippen molar-refractivity contribution in [2.45, 2.75) is 6.04 Å². The van der Waals surface area contributed by atoms with Crippen LogP contribution in [-0.2, 0) is 4.79 Å². The lowest BCUT2D eigenvalue weighted by Gasteiger charge is -2.18. The molecule has 0 aliphatic carbocycles. The zero-order valence-electron chi connectivity index (χ0n) is 11.1. The molecule has 0 heterocycles. The van der Waals surface area contributed by atoms with Crippen molar-refractivity contribution in [2.24, 2.45) is 0 Å². The maximum Gasteiger partial charge on any atom is 0.330 e. The molecule has 21 heavy (non-hydrogen) atoms. The minimum absolute atomic E-state index is 0.0223. The molecule has 6 heteroatoms. The molecule has 0 amide bonds. The molecule has 2 rings (SSSR count). The summed E-state index contributed by atoms with van der Waals surface area (Å²) in [5, 5.41) is 12.0. The number of hydrogen-bond donors (Lipinski definition) is 2. The Morgan fingerprint density at radius 2 is 1.81 bits per heavy atom. The monoisotopic (exact) mass is 293 g/mol. The third-order valence-corrected chi connectivity index (χ3v) is 2.87. The minimum atomic E-state index is -1.30. The minimum Gasteiger partial charge on any atom is -0.495 e. The third kappa shape index (κ3) is 3.47. The summed E-state index contributed by atoms with van der Waals surface area (Å²) in [6, 6.07) is 8.02. The first-order valence-electron chi connectivity index (χ1n) is 6.09. The van der Waals surface area contributed by atoms with Gasteiger partial charge in [0.25, 0.3) is 0 Å². The van der Waals surface area contributed by atoms with Crippen LogP contribution in [0.2, 0.25) is 0 Å². The Morgan fingerprint density at radius 1 is 1.19 bits per heavy atom. The lowest BCUT2D eigenvalue weighted by Crippen LogP contribution is -2.21. The first kappa shape index (κ1) is 14.8. The van der Waals surface area contributed by atoms with Gasteiger partial charge in [-0.15, -0.1) is 0 Å². The predicted molar refractivity (Wildman–Crippen MR) is 73.4 cm³/mol. The maximum absolute atomic E-state index is 13.3. The van der Waals surface area contributed by atoms with Gasteiger partial charge in [-0.05, 0) is 29.8 Å². The molecule has 0 bridgehead atoms. The summed E-state index contributed by atoms with van der Waals surface area (Å²) in [5.41, 5.74) is 0.392. The summed E-state index contributed by atoms with van der Waals surface area (Å²) in [7, 11) is 1.44. The first-order chi connectivity index (χ1) is 10.0. The number of benzene rings is 2. The number of rotatable bonds is 5. The summed E-state index contributed by atoms with van der Waals surface area (Å²) >= 11 is 0. The van der Waals surface area contributed by atoms with E-state index in [9.17, 15) is 18.7 Å². The van der Waals surface area contributed by atoms with E-state index in [1.54, 1.807) is 24.3 Å². The van der Waals surface area contributed by atoms with Gasteiger partial charge < -0.3 is 15.2 Å². The largest absolute Gasteiger partial charge is 0.495 e. The van der Waals surface area contributed by atoms with Crippen molar-refractivity contribution in [1.29, 1.82) is 0 Å². The molecule has 2 N–H and O–H groups in total. The topological polar surface area (TPSA) is 58.6 Å². The van der Waals surface area contributed by atoms with E-state index in [1.165, 1.54) is 7.11 Å². The molecule has 0 spiro atoms. The highest BCUT2D eigenvalue weighted by Crippen LogP contribution is 2.28. The molecule has 0 aliphatic heterocycles. The van der Waals surface area contributed by atoms with Crippen molar-refractivity contribution in [1.82, 2.24) is 0 Å². The van der Waals surface area contributed by atoms with Crippen LogP contribution in [-0.4, -0.2) is 18.2 Å². The van der Waals surface area contributed by atoms with E-state index in [1.807, 2.05) is 0 Å². The Morgan fingerprint density at radius 3 is 2.38 bits per heavy atom. The number of aliphatic carboxylic acids is 1. The van der Waals surface area contributed by atoms with E-state index in [0.717, 1.165) is 12.1 Å². The smallest absolute Gasteiger partial charge is 0.330 e. The molecular formula is C15H13F2NO3. The summed E-state index contributed by atoms with van der Waals surface area (Å²) in [4.78, 5) is 11.4. The Bertz CT molecular complexity index is 641. The molecule has 2 aromatic rings. The maximum atomic E-state index is 13.3. The fraction of sp³-hybridized carbons (Fsp3) is 0.133. The average molecular weight is 293 g/mol. The quantitative estimate of drug-likeness (QED) is 0.888. The summed E-state index contributed by atoms with van der Waals surface area (Å²) in [5.74, 6) is -2.50. The number of nitrogens with one attached hydrogen (secondary N) is 1. The summed E-state index contributed by atoms with van der Waals surface area (Å²) < 4.78 is 31.6. The van der Waals surface area contributed by atoms with Crippen LogP contribution in [0.1, 0.15) is 11.6 Å². The second kappa shape index (κ2) is 6.21. The molecule has 2 aromatic carbocycles. The van der Waals surface area contributed by atoms with Crippen LogP contribution in [0.4, 0.5) is 14.5 Å². The van der Waals surface area contributed by atoms with Crippen LogP contribution in [0.3, 0.4) is 0 Å². The summed E-state index contributed by atoms with van der Waals surface area (Å²) in [6.07, 6.45) is 0. The van der Waals surface area contributed by atoms with Gasteiger partial charge in [0.2, 0.25) is 0 Å². The number of halogens is 2. The van der Waals surface area contributed by atoms with E-state index in [4.69, 9.17) is 4.74 Å². The van der Waals surface area contributed by atoms with E-state index in [2.05, 4.69) is 5.32 Å². The van der Waals surface area contributed by atoms with Crippen LogP contribution in [0, 0.1) is 11.6 Å². The van der Waals surface area contributed by atoms with Crippen LogP contribution >= 0.6 is 0 Å². The normalized spacial score (nSPS) is 11.8. The van der Waals surface area contributed by atoms with Gasteiger partial charge in [-0.2, -0.15) is 0 Å². The number of anilines is 1. The number of hydrogen-bond acceptors (Lipinski definition) is 3. The molecule has 1 atom stereocenters. The van der Waals surface area contributed by atoms with Gasteiger partial charge in [-0.3, -0.25) is 0 Å². The van der Waals surface area contributed by atoms with E-state index in [-0.39, 0.29) is 5.56 Å². The Labute approximate surface area is 120 Å². The molecule has 0 radical (unpaired) electrons. The molecule has 0 saturated heterocycles. The first-order valence-corrected chi connectivity index (χ1v) is 6.09. The van der Waals surface area contributed by atoms with Gasteiger partial charge in [0.05, 0.1) is 12.8 Å².